The van der Waals surface area contributed by atoms with E-state index in [1.54, 1.807) is 12.1 Å². The van der Waals surface area contributed by atoms with Crippen molar-refractivity contribution in [2.45, 2.75) is 25.9 Å². The maximum absolute atomic E-state index is 11.9. The topological polar surface area (TPSA) is 49.3 Å². The number of amides is 1. The van der Waals surface area contributed by atoms with Gasteiger partial charge in [0.1, 0.15) is 0 Å². The number of aliphatic hydroxyl groups is 1. The molecule has 1 unspecified atom stereocenters. The number of rotatable bonds is 5. The number of hydrogen-bond donors (Lipinski definition) is 2. The molecule has 3 nitrogen and oxygen atoms in total. The minimum absolute atomic E-state index is 0.173. The van der Waals surface area contributed by atoms with E-state index in [4.69, 9.17) is 0 Å². The van der Waals surface area contributed by atoms with Crippen LogP contribution in [0.3, 0.4) is 0 Å². The molecule has 21 heavy (non-hydrogen) atoms. The maximum Gasteiger partial charge on any atom is 0.251 e. The summed E-state index contributed by atoms with van der Waals surface area (Å²) in [5, 5.41) is 12.9. The number of aliphatic hydroxyl groups excluding tert-OH is 1. The molecular formula is C18H21NO2. The van der Waals surface area contributed by atoms with Crippen molar-refractivity contribution >= 4 is 5.91 Å². The molecule has 3 heteroatoms. The SMILES string of the molecule is CC(C)c1ccc(C(O)CNC(=O)c2ccccc2)cc1. The molecule has 1 amide bonds. The zero-order valence-corrected chi connectivity index (χ0v) is 12.4. The smallest absolute Gasteiger partial charge is 0.251 e. The van der Waals surface area contributed by atoms with Crippen molar-refractivity contribution in [2.75, 3.05) is 6.54 Å². The Morgan fingerprint density at radius 3 is 2.14 bits per heavy atom. The van der Waals surface area contributed by atoms with Crippen LogP contribution in [0.1, 0.15) is 47.4 Å². The lowest BCUT2D eigenvalue weighted by Crippen LogP contribution is -2.28. The fraction of sp³-hybridized carbons (Fsp3) is 0.278. The van der Waals surface area contributed by atoms with Gasteiger partial charge in [0, 0.05) is 12.1 Å². The van der Waals surface area contributed by atoms with Crippen LogP contribution in [0.5, 0.6) is 0 Å². The molecule has 2 aromatic carbocycles. The van der Waals surface area contributed by atoms with Crippen molar-refractivity contribution < 1.29 is 9.90 Å². The van der Waals surface area contributed by atoms with Crippen molar-refractivity contribution in [2.24, 2.45) is 0 Å². The van der Waals surface area contributed by atoms with Gasteiger partial charge in [-0.3, -0.25) is 4.79 Å². The third-order valence-corrected chi connectivity index (χ3v) is 3.48. The van der Waals surface area contributed by atoms with E-state index in [1.165, 1.54) is 5.56 Å². The van der Waals surface area contributed by atoms with Crippen molar-refractivity contribution in [1.29, 1.82) is 0 Å². The monoisotopic (exact) mass is 283 g/mol. The second-order valence-electron chi connectivity index (χ2n) is 5.41. The summed E-state index contributed by atoms with van der Waals surface area (Å²) in [4.78, 5) is 11.9. The summed E-state index contributed by atoms with van der Waals surface area (Å²) < 4.78 is 0. The van der Waals surface area contributed by atoms with Gasteiger partial charge in [-0.05, 0) is 29.2 Å². The molecule has 110 valence electrons. The fourth-order valence-electron chi connectivity index (χ4n) is 2.10. The van der Waals surface area contributed by atoms with Crippen LogP contribution >= 0.6 is 0 Å². The highest BCUT2D eigenvalue weighted by Crippen LogP contribution is 2.18. The van der Waals surface area contributed by atoms with Gasteiger partial charge in [-0.2, -0.15) is 0 Å². The molecule has 1 atom stereocenters. The molecule has 0 fully saturated rings. The number of nitrogens with one attached hydrogen (secondary N) is 1. The Hall–Kier alpha value is -2.13. The fourth-order valence-corrected chi connectivity index (χ4v) is 2.10. The summed E-state index contributed by atoms with van der Waals surface area (Å²) in [6.07, 6.45) is -0.695. The Morgan fingerprint density at radius 1 is 1.00 bits per heavy atom. The van der Waals surface area contributed by atoms with Crippen LogP contribution in [0, 0.1) is 0 Å². The highest BCUT2D eigenvalue weighted by Gasteiger charge is 2.11. The molecular weight excluding hydrogens is 262 g/mol. The summed E-state index contributed by atoms with van der Waals surface area (Å²) in [5.41, 5.74) is 2.65. The van der Waals surface area contributed by atoms with Crippen molar-refractivity contribution in [3.05, 3.63) is 71.3 Å². The molecule has 0 saturated heterocycles. The number of carbonyl (C=O) groups excluding carboxylic acids is 1. The van der Waals surface area contributed by atoms with E-state index in [-0.39, 0.29) is 12.5 Å². The highest BCUT2D eigenvalue weighted by atomic mass is 16.3. The Labute approximate surface area is 125 Å². The summed E-state index contributed by atoms with van der Waals surface area (Å²) in [6.45, 7) is 4.46. The minimum Gasteiger partial charge on any atom is -0.387 e. The molecule has 0 bridgehead atoms. The van der Waals surface area contributed by atoms with E-state index in [2.05, 4.69) is 19.2 Å². The predicted octanol–water partition coefficient (Wildman–Crippen LogP) is 3.27. The zero-order valence-electron chi connectivity index (χ0n) is 12.4. The van der Waals surface area contributed by atoms with Crippen molar-refractivity contribution in [3.8, 4) is 0 Å². The average Bonchev–Trinajstić information content (AvgIpc) is 2.53. The molecule has 0 aliphatic heterocycles. The van der Waals surface area contributed by atoms with Crippen LogP contribution < -0.4 is 5.32 Å². The zero-order chi connectivity index (χ0) is 15.2. The number of carbonyl (C=O) groups is 1. The molecule has 2 aromatic rings. The van der Waals surface area contributed by atoms with E-state index in [1.807, 2.05) is 42.5 Å². The maximum atomic E-state index is 11.9. The molecule has 0 aromatic heterocycles. The molecule has 0 saturated carbocycles. The molecule has 2 rings (SSSR count). The first-order valence-corrected chi connectivity index (χ1v) is 7.19. The standard InChI is InChI=1S/C18H21NO2/c1-13(2)14-8-10-15(11-9-14)17(20)12-19-18(21)16-6-4-3-5-7-16/h3-11,13,17,20H,12H2,1-2H3,(H,19,21). The van der Waals surface area contributed by atoms with Gasteiger partial charge in [-0.15, -0.1) is 0 Å². The third-order valence-electron chi connectivity index (χ3n) is 3.48. The van der Waals surface area contributed by atoms with Crippen LogP contribution in [0.25, 0.3) is 0 Å². The van der Waals surface area contributed by atoms with Crippen LogP contribution in [0.15, 0.2) is 54.6 Å². The molecule has 0 aliphatic carbocycles. The van der Waals surface area contributed by atoms with E-state index in [9.17, 15) is 9.90 Å². The molecule has 0 radical (unpaired) electrons. The van der Waals surface area contributed by atoms with E-state index >= 15 is 0 Å². The van der Waals surface area contributed by atoms with E-state index in [0.29, 0.717) is 11.5 Å². The van der Waals surface area contributed by atoms with Crippen LogP contribution in [-0.2, 0) is 0 Å². The molecule has 0 aliphatic rings. The largest absolute Gasteiger partial charge is 0.387 e. The van der Waals surface area contributed by atoms with Gasteiger partial charge in [-0.1, -0.05) is 56.3 Å². The van der Waals surface area contributed by atoms with Gasteiger partial charge in [0.05, 0.1) is 6.10 Å². The van der Waals surface area contributed by atoms with Gasteiger partial charge in [0.25, 0.3) is 5.91 Å². The predicted molar refractivity (Wildman–Crippen MR) is 84.3 cm³/mol. The lowest BCUT2D eigenvalue weighted by atomic mass is 10.00. The lowest BCUT2D eigenvalue weighted by molar-refractivity contribution is 0.0916. The first kappa shape index (κ1) is 15.3. The van der Waals surface area contributed by atoms with E-state index < -0.39 is 6.10 Å². The third kappa shape index (κ3) is 4.17. The highest BCUT2D eigenvalue weighted by molar-refractivity contribution is 5.94. The average molecular weight is 283 g/mol. The van der Waals surface area contributed by atoms with Gasteiger partial charge in [0.15, 0.2) is 0 Å². The molecule has 0 spiro atoms. The van der Waals surface area contributed by atoms with Gasteiger partial charge in [0.2, 0.25) is 0 Å². The van der Waals surface area contributed by atoms with Crippen LogP contribution in [-0.4, -0.2) is 17.6 Å². The van der Waals surface area contributed by atoms with Gasteiger partial charge >= 0.3 is 0 Å². The number of benzene rings is 2. The second kappa shape index (κ2) is 7.04. The first-order valence-electron chi connectivity index (χ1n) is 7.19. The quantitative estimate of drug-likeness (QED) is 0.884. The Bertz CT molecular complexity index is 576. The Kier molecular flexibility index (Phi) is 5.12. The first-order chi connectivity index (χ1) is 10.1. The number of hydrogen-bond acceptors (Lipinski definition) is 2. The Morgan fingerprint density at radius 2 is 1.57 bits per heavy atom. The normalized spacial score (nSPS) is 12.2. The van der Waals surface area contributed by atoms with Gasteiger partial charge in [-0.25, -0.2) is 0 Å². The van der Waals surface area contributed by atoms with E-state index in [0.717, 1.165) is 5.56 Å². The molecule has 0 heterocycles. The lowest BCUT2D eigenvalue weighted by Gasteiger charge is -2.13. The Balaban J connectivity index is 1.92. The van der Waals surface area contributed by atoms with Gasteiger partial charge < -0.3 is 10.4 Å². The van der Waals surface area contributed by atoms with Crippen LogP contribution in [0.4, 0.5) is 0 Å². The van der Waals surface area contributed by atoms with Crippen molar-refractivity contribution in [1.82, 2.24) is 5.32 Å². The minimum atomic E-state index is -0.695. The van der Waals surface area contributed by atoms with Crippen LogP contribution in [0.2, 0.25) is 0 Å². The second-order valence-corrected chi connectivity index (χ2v) is 5.41. The summed E-state index contributed by atoms with van der Waals surface area (Å²) >= 11 is 0. The summed E-state index contributed by atoms with van der Waals surface area (Å²) in [5.74, 6) is 0.294. The summed E-state index contributed by atoms with van der Waals surface area (Å²) in [7, 11) is 0. The molecule has 2 N–H and O–H groups in total. The summed E-state index contributed by atoms with van der Waals surface area (Å²) in [6, 6.07) is 16.8. The van der Waals surface area contributed by atoms with Crippen molar-refractivity contribution in [3.63, 3.8) is 0 Å².